The third kappa shape index (κ3) is 2.99. The van der Waals surface area contributed by atoms with Crippen LogP contribution in [0.15, 0.2) is 77.6 Å². The van der Waals surface area contributed by atoms with Crippen LogP contribution >= 0.6 is 23.2 Å². The maximum Gasteiger partial charge on any atom is 0.187 e. The molecular formula is C24H15Cl2N5O. The molecule has 0 fully saturated rings. The molecule has 0 atom stereocenters. The Bertz CT molecular complexity index is 1630. The highest BCUT2D eigenvalue weighted by Gasteiger charge is 2.23. The Morgan fingerprint density at radius 1 is 0.969 bits per heavy atom. The predicted octanol–water partition coefficient (Wildman–Crippen LogP) is 6.61. The molecule has 0 radical (unpaired) electrons. The highest BCUT2D eigenvalue weighted by molar-refractivity contribution is 6.35. The molecule has 0 bridgehead atoms. The van der Waals surface area contributed by atoms with Gasteiger partial charge in [-0.2, -0.15) is 0 Å². The van der Waals surface area contributed by atoms with E-state index in [-0.39, 0.29) is 0 Å². The highest BCUT2D eigenvalue weighted by Crippen LogP contribution is 2.37. The molecule has 8 heteroatoms. The van der Waals surface area contributed by atoms with E-state index in [1.165, 1.54) is 0 Å². The van der Waals surface area contributed by atoms with Gasteiger partial charge in [0, 0.05) is 27.9 Å². The van der Waals surface area contributed by atoms with Gasteiger partial charge in [-0.15, -0.1) is 10.2 Å². The molecule has 0 amide bonds. The minimum atomic E-state index is 0.556. The van der Waals surface area contributed by atoms with E-state index < -0.39 is 0 Å². The molecule has 0 spiro atoms. The summed E-state index contributed by atoms with van der Waals surface area (Å²) in [7, 11) is 0. The van der Waals surface area contributed by atoms with E-state index in [0.717, 1.165) is 39.3 Å². The fourth-order valence-electron chi connectivity index (χ4n) is 3.98. The maximum atomic E-state index is 6.55. The first-order chi connectivity index (χ1) is 15.6. The van der Waals surface area contributed by atoms with Gasteiger partial charge in [-0.3, -0.25) is 8.97 Å². The average Bonchev–Trinajstić information content (AvgIpc) is 3.49. The van der Waals surface area contributed by atoms with Crippen molar-refractivity contribution < 1.29 is 4.42 Å². The van der Waals surface area contributed by atoms with Crippen LogP contribution in [-0.4, -0.2) is 24.1 Å². The third-order valence-electron chi connectivity index (χ3n) is 5.37. The van der Waals surface area contributed by atoms with Crippen LogP contribution < -0.4 is 0 Å². The Balaban J connectivity index is 1.63. The standard InChI is InChI=1S/C24H15Cl2N5O/c1-14-10-15-11-17(6-8-20(15)32-14)31-13-27-29-24(31)23-22(18-12-16(25)5-7-19(18)26)28-21-4-2-3-9-30(21)23/h2-13H,1H3. The van der Waals surface area contributed by atoms with Gasteiger partial charge in [0.15, 0.2) is 5.82 Å². The van der Waals surface area contributed by atoms with Crippen molar-refractivity contribution in [1.29, 1.82) is 0 Å². The Kier molecular flexibility index (Phi) is 4.31. The first-order valence-electron chi connectivity index (χ1n) is 9.92. The van der Waals surface area contributed by atoms with E-state index in [1.807, 2.05) is 70.6 Å². The molecule has 2 aromatic carbocycles. The van der Waals surface area contributed by atoms with Crippen molar-refractivity contribution in [3.8, 4) is 28.5 Å². The van der Waals surface area contributed by atoms with Crippen molar-refractivity contribution in [2.45, 2.75) is 6.92 Å². The highest BCUT2D eigenvalue weighted by atomic mass is 35.5. The van der Waals surface area contributed by atoms with Gasteiger partial charge in [-0.25, -0.2) is 4.98 Å². The lowest BCUT2D eigenvalue weighted by molar-refractivity contribution is 0.578. The quantitative estimate of drug-likeness (QED) is 0.298. The summed E-state index contributed by atoms with van der Waals surface area (Å²) in [5.74, 6) is 1.50. The number of pyridine rings is 1. The van der Waals surface area contributed by atoms with Gasteiger partial charge < -0.3 is 4.42 Å². The van der Waals surface area contributed by atoms with Crippen LogP contribution in [0.3, 0.4) is 0 Å². The fraction of sp³-hybridized carbons (Fsp3) is 0.0417. The molecule has 0 unspecified atom stereocenters. The van der Waals surface area contributed by atoms with Gasteiger partial charge in [-0.1, -0.05) is 29.3 Å². The van der Waals surface area contributed by atoms with Gasteiger partial charge in [0.2, 0.25) is 0 Å². The minimum Gasteiger partial charge on any atom is -0.461 e. The number of imidazole rings is 1. The summed E-state index contributed by atoms with van der Waals surface area (Å²) in [6.45, 7) is 1.93. The molecule has 6 nitrogen and oxygen atoms in total. The molecule has 0 saturated carbocycles. The second kappa shape index (κ2) is 7.22. The van der Waals surface area contributed by atoms with Gasteiger partial charge in [0.1, 0.15) is 34.7 Å². The monoisotopic (exact) mass is 459 g/mol. The zero-order chi connectivity index (χ0) is 21.8. The second-order valence-electron chi connectivity index (χ2n) is 7.47. The van der Waals surface area contributed by atoms with Gasteiger partial charge in [0.25, 0.3) is 0 Å². The Labute approximate surface area is 192 Å². The number of aryl methyl sites for hydroxylation is 1. The van der Waals surface area contributed by atoms with Crippen LogP contribution in [0.2, 0.25) is 10.0 Å². The molecule has 4 aromatic heterocycles. The number of rotatable bonds is 3. The van der Waals surface area contributed by atoms with Gasteiger partial charge in [0.05, 0.1) is 5.02 Å². The summed E-state index contributed by atoms with van der Waals surface area (Å²) in [6, 6.07) is 19.2. The second-order valence-corrected chi connectivity index (χ2v) is 8.31. The molecule has 4 heterocycles. The summed E-state index contributed by atoms with van der Waals surface area (Å²) in [5.41, 5.74) is 4.69. The van der Waals surface area contributed by atoms with E-state index in [9.17, 15) is 0 Å². The number of hydrogen-bond acceptors (Lipinski definition) is 4. The minimum absolute atomic E-state index is 0.556. The van der Waals surface area contributed by atoms with Crippen LogP contribution in [0.5, 0.6) is 0 Å². The topological polar surface area (TPSA) is 61.2 Å². The first kappa shape index (κ1) is 19.1. The SMILES string of the molecule is Cc1cc2cc(-n3cnnc3-c3c(-c4cc(Cl)ccc4Cl)nc4ccccn34)ccc2o1. The van der Waals surface area contributed by atoms with Gasteiger partial charge >= 0.3 is 0 Å². The summed E-state index contributed by atoms with van der Waals surface area (Å²) >= 11 is 12.8. The van der Waals surface area contributed by atoms with Crippen molar-refractivity contribution in [3.63, 3.8) is 0 Å². The van der Waals surface area contributed by atoms with E-state index >= 15 is 0 Å². The number of halogens is 2. The molecule has 32 heavy (non-hydrogen) atoms. The van der Waals surface area contributed by atoms with Crippen LogP contribution in [0.1, 0.15) is 5.76 Å². The summed E-state index contributed by atoms with van der Waals surface area (Å²) in [6.07, 6.45) is 3.64. The van der Waals surface area contributed by atoms with Crippen molar-refractivity contribution in [1.82, 2.24) is 24.1 Å². The molecule has 6 rings (SSSR count). The van der Waals surface area contributed by atoms with Gasteiger partial charge in [-0.05, 0) is 61.5 Å². The molecule has 156 valence electrons. The lowest BCUT2D eigenvalue weighted by Crippen LogP contribution is -2.00. The van der Waals surface area contributed by atoms with E-state index in [4.69, 9.17) is 32.6 Å². The number of furan rings is 1. The normalized spacial score (nSPS) is 11.6. The third-order valence-corrected chi connectivity index (χ3v) is 5.94. The molecule has 0 aliphatic carbocycles. The number of benzene rings is 2. The number of fused-ring (bicyclic) bond motifs is 2. The number of hydrogen-bond donors (Lipinski definition) is 0. The summed E-state index contributed by atoms with van der Waals surface area (Å²) < 4.78 is 9.63. The first-order valence-corrected chi connectivity index (χ1v) is 10.7. The fourth-order valence-corrected chi connectivity index (χ4v) is 4.35. The van der Waals surface area contributed by atoms with Crippen molar-refractivity contribution in [3.05, 3.63) is 89.0 Å². The van der Waals surface area contributed by atoms with Crippen LogP contribution in [0.4, 0.5) is 0 Å². The molecule has 0 N–H and O–H groups in total. The van der Waals surface area contributed by atoms with Crippen molar-refractivity contribution in [2.24, 2.45) is 0 Å². The summed E-state index contributed by atoms with van der Waals surface area (Å²) in [5, 5.41) is 10.8. The lowest BCUT2D eigenvalue weighted by atomic mass is 10.1. The van der Waals surface area contributed by atoms with Crippen LogP contribution in [-0.2, 0) is 0 Å². The lowest BCUT2D eigenvalue weighted by Gasteiger charge is -2.10. The van der Waals surface area contributed by atoms with Crippen LogP contribution in [0, 0.1) is 6.92 Å². The smallest absolute Gasteiger partial charge is 0.187 e. The Morgan fingerprint density at radius 2 is 1.88 bits per heavy atom. The zero-order valence-electron chi connectivity index (χ0n) is 16.8. The van der Waals surface area contributed by atoms with Crippen molar-refractivity contribution in [2.75, 3.05) is 0 Å². The molecular weight excluding hydrogens is 445 g/mol. The molecule has 0 aliphatic rings. The van der Waals surface area contributed by atoms with Crippen LogP contribution in [0.25, 0.3) is 45.1 Å². The zero-order valence-corrected chi connectivity index (χ0v) is 18.3. The molecule has 0 saturated heterocycles. The number of nitrogens with zero attached hydrogens (tertiary/aromatic N) is 5. The Morgan fingerprint density at radius 3 is 2.78 bits per heavy atom. The summed E-state index contributed by atoms with van der Waals surface area (Å²) in [4.78, 5) is 4.85. The van der Waals surface area contributed by atoms with Crippen molar-refractivity contribution >= 4 is 39.8 Å². The van der Waals surface area contributed by atoms with E-state index in [2.05, 4.69) is 10.2 Å². The molecule has 0 aliphatic heterocycles. The molecule has 6 aromatic rings. The average molecular weight is 460 g/mol. The predicted molar refractivity (Wildman–Crippen MR) is 126 cm³/mol. The van der Waals surface area contributed by atoms with E-state index in [0.29, 0.717) is 21.6 Å². The Hall–Kier alpha value is -3.61. The largest absolute Gasteiger partial charge is 0.461 e. The van der Waals surface area contributed by atoms with E-state index in [1.54, 1.807) is 18.5 Å². The maximum absolute atomic E-state index is 6.55. The number of aromatic nitrogens is 5.